The lowest BCUT2D eigenvalue weighted by Gasteiger charge is -2.23. The van der Waals surface area contributed by atoms with Crippen molar-refractivity contribution in [3.63, 3.8) is 0 Å². The summed E-state index contributed by atoms with van der Waals surface area (Å²) in [6.45, 7) is 0.697. The highest BCUT2D eigenvalue weighted by atomic mass is 19.4. The van der Waals surface area contributed by atoms with Gasteiger partial charge < -0.3 is 14.5 Å². The monoisotopic (exact) mass is 354 g/mol. The molecule has 3 rings (SSSR count). The van der Waals surface area contributed by atoms with E-state index in [1.54, 1.807) is 13.1 Å². The number of pyridine rings is 1. The van der Waals surface area contributed by atoms with Gasteiger partial charge in [-0.3, -0.25) is 9.59 Å². The van der Waals surface area contributed by atoms with Crippen molar-refractivity contribution in [2.45, 2.75) is 25.6 Å². The molecule has 0 bridgehead atoms. The summed E-state index contributed by atoms with van der Waals surface area (Å²) in [6, 6.07) is 2.79. The zero-order chi connectivity index (χ0) is 18.2. The summed E-state index contributed by atoms with van der Waals surface area (Å²) >= 11 is 0. The number of rotatable bonds is 3. The van der Waals surface area contributed by atoms with Crippen molar-refractivity contribution in [1.82, 2.24) is 19.4 Å². The standard InChI is InChI=1S/C16H17F3N4O2/c1-22-5-4-11(6-14(22)24)15(25)20-7-10-2-3-13-21-12(16(17,18)19)9-23(13)8-10/h4-6,9-10H,2-3,7-8H2,1H3,(H,20,25)/t10-/m0/s1. The molecule has 0 saturated carbocycles. The number of nitrogens with zero attached hydrogens (tertiary/aromatic N) is 3. The maximum Gasteiger partial charge on any atom is 0.434 e. The molecule has 0 radical (unpaired) electrons. The number of aromatic nitrogens is 3. The van der Waals surface area contributed by atoms with Crippen molar-refractivity contribution in [2.75, 3.05) is 6.54 Å². The molecule has 1 N–H and O–H groups in total. The molecule has 0 aliphatic carbocycles. The fourth-order valence-electron chi connectivity index (χ4n) is 2.85. The Labute approximate surface area is 141 Å². The fraction of sp³-hybridized carbons (Fsp3) is 0.438. The van der Waals surface area contributed by atoms with E-state index in [1.807, 2.05) is 0 Å². The van der Waals surface area contributed by atoms with Crippen LogP contribution in [0.5, 0.6) is 0 Å². The molecule has 0 unspecified atom stereocenters. The van der Waals surface area contributed by atoms with Crippen LogP contribution < -0.4 is 10.9 Å². The maximum absolute atomic E-state index is 12.7. The fourth-order valence-corrected chi connectivity index (χ4v) is 2.85. The molecule has 25 heavy (non-hydrogen) atoms. The molecule has 9 heteroatoms. The highest BCUT2D eigenvalue weighted by molar-refractivity contribution is 5.93. The Morgan fingerprint density at radius 1 is 1.44 bits per heavy atom. The molecule has 0 saturated heterocycles. The van der Waals surface area contributed by atoms with Gasteiger partial charge in [-0.2, -0.15) is 13.2 Å². The predicted molar refractivity (Wildman–Crippen MR) is 83.1 cm³/mol. The molecule has 2 aromatic heterocycles. The second-order valence-electron chi connectivity index (χ2n) is 6.17. The highest BCUT2D eigenvalue weighted by Crippen LogP contribution is 2.30. The first kappa shape index (κ1) is 17.2. The number of imidazole rings is 1. The van der Waals surface area contributed by atoms with Crippen LogP contribution in [0.15, 0.2) is 29.3 Å². The van der Waals surface area contributed by atoms with Gasteiger partial charge in [-0.1, -0.05) is 0 Å². The number of hydrogen-bond acceptors (Lipinski definition) is 3. The van der Waals surface area contributed by atoms with Crippen LogP contribution in [0.25, 0.3) is 0 Å². The average molecular weight is 354 g/mol. The second-order valence-corrected chi connectivity index (χ2v) is 6.17. The molecule has 1 amide bonds. The quantitative estimate of drug-likeness (QED) is 0.910. The van der Waals surface area contributed by atoms with E-state index in [-0.39, 0.29) is 22.9 Å². The lowest BCUT2D eigenvalue weighted by atomic mass is 9.99. The van der Waals surface area contributed by atoms with E-state index in [4.69, 9.17) is 0 Å². The van der Waals surface area contributed by atoms with Crippen molar-refractivity contribution >= 4 is 5.91 Å². The van der Waals surface area contributed by atoms with E-state index in [1.165, 1.54) is 21.4 Å². The summed E-state index contributed by atoms with van der Waals surface area (Å²) in [7, 11) is 1.59. The Kier molecular flexibility index (Phi) is 4.40. The number of fused-ring (bicyclic) bond motifs is 1. The summed E-state index contributed by atoms with van der Waals surface area (Å²) in [5, 5.41) is 2.74. The second kappa shape index (κ2) is 6.38. The molecular weight excluding hydrogens is 337 g/mol. The summed E-state index contributed by atoms with van der Waals surface area (Å²) in [6.07, 6.45) is -0.848. The van der Waals surface area contributed by atoms with Gasteiger partial charge in [0.2, 0.25) is 0 Å². The minimum absolute atomic E-state index is 0.0123. The van der Waals surface area contributed by atoms with Gasteiger partial charge in [0.1, 0.15) is 5.82 Å². The third-order valence-corrected chi connectivity index (χ3v) is 4.30. The molecule has 0 aromatic carbocycles. The molecule has 3 heterocycles. The normalized spacial score (nSPS) is 17.2. The van der Waals surface area contributed by atoms with Crippen LogP contribution in [0.4, 0.5) is 13.2 Å². The van der Waals surface area contributed by atoms with Gasteiger partial charge >= 0.3 is 6.18 Å². The third kappa shape index (κ3) is 3.75. The summed E-state index contributed by atoms with van der Waals surface area (Å²) in [5.74, 6) is 0.0600. The van der Waals surface area contributed by atoms with Crippen molar-refractivity contribution < 1.29 is 18.0 Å². The van der Waals surface area contributed by atoms with Crippen LogP contribution >= 0.6 is 0 Å². The van der Waals surface area contributed by atoms with Crippen molar-refractivity contribution in [3.8, 4) is 0 Å². The number of carbonyl (C=O) groups is 1. The molecule has 0 spiro atoms. The molecule has 6 nitrogen and oxygen atoms in total. The Bertz CT molecular complexity index is 854. The first-order chi connectivity index (χ1) is 11.7. The van der Waals surface area contributed by atoms with E-state index >= 15 is 0 Å². The Hall–Kier alpha value is -2.58. The van der Waals surface area contributed by atoms with Gasteiger partial charge in [-0.25, -0.2) is 4.98 Å². The zero-order valence-corrected chi connectivity index (χ0v) is 13.5. The third-order valence-electron chi connectivity index (χ3n) is 4.30. The lowest BCUT2D eigenvalue weighted by Crippen LogP contribution is -2.34. The van der Waals surface area contributed by atoms with E-state index in [0.29, 0.717) is 31.8 Å². The van der Waals surface area contributed by atoms with Crippen molar-refractivity contribution in [1.29, 1.82) is 0 Å². The maximum atomic E-state index is 12.7. The summed E-state index contributed by atoms with van der Waals surface area (Å²) in [4.78, 5) is 27.3. The minimum atomic E-state index is -4.45. The van der Waals surface area contributed by atoms with Crippen LogP contribution in [-0.4, -0.2) is 26.6 Å². The molecule has 0 fully saturated rings. The number of amides is 1. The van der Waals surface area contributed by atoms with Crippen molar-refractivity contribution in [3.05, 3.63) is 52.0 Å². The highest BCUT2D eigenvalue weighted by Gasteiger charge is 2.35. The Morgan fingerprint density at radius 2 is 2.20 bits per heavy atom. The number of alkyl halides is 3. The zero-order valence-electron chi connectivity index (χ0n) is 13.5. The SMILES string of the molecule is Cn1ccc(C(=O)NC[C@@H]2CCc3nc(C(F)(F)F)cn3C2)cc1=O. The summed E-state index contributed by atoms with van der Waals surface area (Å²) in [5.41, 5.74) is -0.901. The van der Waals surface area contributed by atoms with E-state index in [9.17, 15) is 22.8 Å². The molecule has 1 atom stereocenters. The first-order valence-electron chi connectivity index (χ1n) is 7.82. The van der Waals surface area contributed by atoms with Crippen LogP contribution in [0, 0.1) is 5.92 Å². The van der Waals surface area contributed by atoms with E-state index in [2.05, 4.69) is 10.3 Å². The van der Waals surface area contributed by atoms with E-state index < -0.39 is 11.9 Å². The average Bonchev–Trinajstić information content (AvgIpc) is 2.98. The van der Waals surface area contributed by atoms with Crippen LogP contribution in [0.3, 0.4) is 0 Å². The van der Waals surface area contributed by atoms with Crippen LogP contribution in [0.2, 0.25) is 0 Å². The smallest absolute Gasteiger partial charge is 0.352 e. The molecule has 1 aliphatic heterocycles. The number of halogens is 3. The van der Waals surface area contributed by atoms with Gasteiger partial charge in [0.05, 0.1) is 0 Å². The largest absolute Gasteiger partial charge is 0.434 e. The lowest BCUT2D eigenvalue weighted by molar-refractivity contribution is -0.141. The number of nitrogens with one attached hydrogen (secondary N) is 1. The Balaban J connectivity index is 1.61. The molecule has 134 valence electrons. The number of aryl methyl sites for hydroxylation is 2. The minimum Gasteiger partial charge on any atom is -0.352 e. The Morgan fingerprint density at radius 3 is 2.88 bits per heavy atom. The number of hydrogen-bond donors (Lipinski definition) is 1. The van der Waals surface area contributed by atoms with Crippen LogP contribution in [-0.2, 0) is 26.2 Å². The number of carbonyl (C=O) groups excluding carboxylic acids is 1. The van der Waals surface area contributed by atoms with E-state index in [0.717, 1.165) is 6.20 Å². The van der Waals surface area contributed by atoms with Crippen LogP contribution in [0.1, 0.15) is 28.3 Å². The molecular formula is C16H17F3N4O2. The van der Waals surface area contributed by atoms with Gasteiger partial charge in [0.25, 0.3) is 11.5 Å². The molecule has 1 aliphatic rings. The molecule has 2 aromatic rings. The van der Waals surface area contributed by atoms with Gasteiger partial charge in [0.15, 0.2) is 5.69 Å². The van der Waals surface area contributed by atoms with Gasteiger partial charge in [-0.15, -0.1) is 0 Å². The van der Waals surface area contributed by atoms with Gasteiger partial charge in [-0.05, 0) is 18.4 Å². The van der Waals surface area contributed by atoms with Gasteiger partial charge in [0, 0.05) is 50.6 Å². The van der Waals surface area contributed by atoms with Crippen molar-refractivity contribution in [2.24, 2.45) is 13.0 Å². The first-order valence-corrected chi connectivity index (χ1v) is 7.82. The predicted octanol–water partition coefficient (Wildman–Crippen LogP) is 1.59. The topological polar surface area (TPSA) is 68.9 Å². The summed E-state index contributed by atoms with van der Waals surface area (Å²) < 4.78 is 41.0.